The van der Waals surface area contributed by atoms with Crippen molar-refractivity contribution < 1.29 is 37.6 Å². The summed E-state index contributed by atoms with van der Waals surface area (Å²) in [5.41, 5.74) is -1.24. The number of morpholine rings is 1. The number of barbiturate groups is 1. The molecule has 2 N–H and O–H groups in total. The topological polar surface area (TPSA) is 158 Å². The first kappa shape index (κ1) is 24.0. The van der Waals surface area contributed by atoms with Gasteiger partial charge in [-0.2, -0.15) is 5.10 Å². The van der Waals surface area contributed by atoms with E-state index in [0.717, 1.165) is 0 Å². The van der Waals surface area contributed by atoms with Crippen LogP contribution in [0.2, 0.25) is 0 Å². The molecule has 0 radical (unpaired) electrons. The van der Waals surface area contributed by atoms with Crippen molar-refractivity contribution in [2.24, 2.45) is 5.41 Å². The van der Waals surface area contributed by atoms with E-state index in [9.17, 15) is 19.2 Å². The Morgan fingerprint density at radius 1 is 1.26 bits per heavy atom. The molecule has 5 heterocycles. The molecule has 0 aliphatic carbocycles. The van der Waals surface area contributed by atoms with Crippen molar-refractivity contribution in [1.82, 2.24) is 25.6 Å². The molecular formula is C24H23FN6O7. The SMILES string of the molecule is CCOC(=O)c1cnn(-c2noc3c(F)c4c(cc23)CC2(C(=O)NC(=O)NC2=O)[C@@H]2[C@@H](C)O[C@@H](C)CN42)c1. The number of ether oxygens (including phenoxy) is 2. The first-order chi connectivity index (χ1) is 18.1. The Kier molecular flexibility index (Phi) is 5.28. The maximum Gasteiger partial charge on any atom is 0.341 e. The van der Waals surface area contributed by atoms with Gasteiger partial charge in [0.05, 0.1) is 47.7 Å². The summed E-state index contributed by atoms with van der Waals surface area (Å²) in [4.78, 5) is 52.3. The van der Waals surface area contributed by atoms with E-state index in [1.807, 2.05) is 0 Å². The molecule has 3 aliphatic rings. The molecule has 1 spiro atoms. The molecule has 1 aromatic carbocycles. The average molecular weight is 526 g/mol. The van der Waals surface area contributed by atoms with E-state index in [0.29, 0.717) is 5.56 Å². The highest BCUT2D eigenvalue weighted by Gasteiger charge is 2.63. The lowest BCUT2D eigenvalue weighted by Gasteiger charge is -2.55. The molecule has 0 bridgehead atoms. The summed E-state index contributed by atoms with van der Waals surface area (Å²) >= 11 is 0. The molecule has 0 saturated carbocycles. The Balaban J connectivity index is 1.53. The average Bonchev–Trinajstić information content (AvgIpc) is 3.49. The smallest absolute Gasteiger partial charge is 0.341 e. The lowest BCUT2D eigenvalue weighted by atomic mass is 9.66. The Labute approximate surface area is 214 Å². The Morgan fingerprint density at radius 2 is 2.00 bits per heavy atom. The maximum absolute atomic E-state index is 16.2. The standard InChI is InChI=1S/C24H23FN6O7/c1-4-36-20(32)13-7-26-31(9-13)19-14-5-12-6-24(21(33)27-23(35)28-22(24)34)18-11(3)37-10(2)8-30(18)16(12)15(25)17(14)38-29-19/h5,7,9-11,18H,4,6,8H2,1-3H3,(H2,27,28,33,34,35)/t10-,11+,18-/m0/s1. The number of amides is 4. The van der Waals surface area contributed by atoms with Crippen LogP contribution in [0.15, 0.2) is 23.0 Å². The molecule has 3 aliphatic heterocycles. The highest BCUT2D eigenvalue weighted by atomic mass is 19.1. The van der Waals surface area contributed by atoms with Gasteiger partial charge in [-0.3, -0.25) is 20.2 Å². The van der Waals surface area contributed by atoms with Crippen LogP contribution in [0.4, 0.5) is 14.9 Å². The molecule has 2 aromatic heterocycles. The molecule has 198 valence electrons. The van der Waals surface area contributed by atoms with Crippen LogP contribution in [0.1, 0.15) is 36.7 Å². The Morgan fingerprint density at radius 3 is 2.71 bits per heavy atom. The fraction of sp³-hybridized carbons (Fsp3) is 0.417. The lowest BCUT2D eigenvalue weighted by Crippen LogP contribution is -2.75. The molecule has 4 amide bonds. The summed E-state index contributed by atoms with van der Waals surface area (Å²) in [6.45, 7) is 5.56. The van der Waals surface area contributed by atoms with E-state index in [2.05, 4.69) is 20.9 Å². The predicted molar refractivity (Wildman–Crippen MR) is 126 cm³/mol. The van der Waals surface area contributed by atoms with Gasteiger partial charge < -0.3 is 18.9 Å². The first-order valence-corrected chi connectivity index (χ1v) is 12.1. The molecular weight excluding hydrogens is 503 g/mol. The molecule has 2 fully saturated rings. The molecule has 6 rings (SSSR count). The third-order valence-electron chi connectivity index (χ3n) is 7.26. The predicted octanol–water partition coefficient (Wildman–Crippen LogP) is 1.22. The molecule has 3 atom stereocenters. The number of fused-ring (bicyclic) bond motifs is 5. The molecule has 0 unspecified atom stereocenters. The minimum Gasteiger partial charge on any atom is -0.462 e. The number of aromatic nitrogens is 3. The van der Waals surface area contributed by atoms with E-state index in [4.69, 9.17) is 14.0 Å². The van der Waals surface area contributed by atoms with Crippen LogP contribution >= 0.6 is 0 Å². The van der Waals surface area contributed by atoms with Crippen molar-refractivity contribution in [3.05, 3.63) is 35.4 Å². The molecule has 38 heavy (non-hydrogen) atoms. The Hall–Kier alpha value is -4.33. The fourth-order valence-corrected chi connectivity index (χ4v) is 5.86. The number of imide groups is 2. The van der Waals surface area contributed by atoms with Crippen LogP contribution in [0, 0.1) is 11.2 Å². The minimum absolute atomic E-state index is 0.102. The van der Waals surface area contributed by atoms with E-state index in [1.54, 1.807) is 31.7 Å². The van der Waals surface area contributed by atoms with E-state index in [1.165, 1.54) is 17.1 Å². The van der Waals surface area contributed by atoms with Crippen LogP contribution < -0.4 is 15.5 Å². The van der Waals surface area contributed by atoms with Crippen LogP contribution in [0.3, 0.4) is 0 Å². The van der Waals surface area contributed by atoms with E-state index < -0.39 is 47.2 Å². The summed E-state index contributed by atoms with van der Waals surface area (Å²) in [7, 11) is 0. The number of halogens is 1. The monoisotopic (exact) mass is 526 g/mol. The first-order valence-electron chi connectivity index (χ1n) is 12.1. The summed E-state index contributed by atoms with van der Waals surface area (Å²) in [6.07, 6.45) is 1.47. The summed E-state index contributed by atoms with van der Waals surface area (Å²) < 4.78 is 33.8. The second-order valence-corrected chi connectivity index (χ2v) is 9.61. The third kappa shape index (κ3) is 3.25. The van der Waals surface area contributed by atoms with Crippen LogP contribution in [-0.2, 0) is 25.5 Å². The number of anilines is 1. The van der Waals surface area contributed by atoms with Crippen molar-refractivity contribution in [1.29, 1.82) is 0 Å². The van der Waals surface area contributed by atoms with Gasteiger partial charge >= 0.3 is 12.0 Å². The highest BCUT2D eigenvalue weighted by Crippen LogP contribution is 2.49. The van der Waals surface area contributed by atoms with Gasteiger partial charge in [-0.25, -0.2) is 18.7 Å². The largest absolute Gasteiger partial charge is 0.462 e. The van der Waals surface area contributed by atoms with Gasteiger partial charge in [0.1, 0.15) is 0 Å². The number of urea groups is 1. The second-order valence-electron chi connectivity index (χ2n) is 9.61. The van der Waals surface area contributed by atoms with Crippen LogP contribution in [0.25, 0.3) is 16.8 Å². The summed E-state index contributed by atoms with van der Waals surface area (Å²) in [5, 5.41) is 12.7. The lowest BCUT2D eigenvalue weighted by molar-refractivity contribution is -0.153. The number of carbonyl (C=O) groups is 4. The number of hydrogen-bond donors (Lipinski definition) is 2. The minimum atomic E-state index is -1.76. The third-order valence-corrected chi connectivity index (χ3v) is 7.26. The number of hydrogen-bond acceptors (Lipinski definition) is 10. The van der Waals surface area contributed by atoms with Crippen LogP contribution in [0.5, 0.6) is 0 Å². The number of carbonyl (C=O) groups excluding carboxylic acids is 4. The molecule has 3 aromatic rings. The van der Waals surface area contributed by atoms with Crippen LogP contribution in [-0.4, -0.2) is 70.2 Å². The van der Waals surface area contributed by atoms with E-state index in [-0.39, 0.29) is 53.7 Å². The van der Waals surface area contributed by atoms with Crippen molar-refractivity contribution in [2.75, 3.05) is 18.1 Å². The highest BCUT2D eigenvalue weighted by molar-refractivity contribution is 6.20. The number of rotatable bonds is 3. The zero-order valence-corrected chi connectivity index (χ0v) is 20.6. The van der Waals surface area contributed by atoms with Gasteiger partial charge in [-0.05, 0) is 32.4 Å². The van der Waals surface area contributed by atoms with Gasteiger partial charge in [0.25, 0.3) is 0 Å². The second kappa shape index (κ2) is 8.34. The quantitative estimate of drug-likeness (QED) is 0.375. The van der Waals surface area contributed by atoms with Crippen molar-refractivity contribution >= 4 is 40.5 Å². The maximum atomic E-state index is 16.2. The summed E-state index contributed by atoms with van der Waals surface area (Å²) in [6, 6.07) is -0.225. The number of nitrogens with zero attached hydrogens (tertiary/aromatic N) is 4. The van der Waals surface area contributed by atoms with E-state index >= 15 is 4.39 Å². The van der Waals surface area contributed by atoms with Gasteiger partial charge in [-0.1, -0.05) is 5.16 Å². The van der Waals surface area contributed by atoms with Gasteiger partial charge in [0.15, 0.2) is 11.2 Å². The zero-order valence-electron chi connectivity index (χ0n) is 20.6. The number of esters is 1. The zero-order chi connectivity index (χ0) is 26.9. The fourth-order valence-electron chi connectivity index (χ4n) is 5.86. The number of nitrogens with one attached hydrogen (secondary N) is 2. The molecule has 2 saturated heterocycles. The number of benzene rings is 1. The van der Waals surface area contributed by atoms with Crippen molar-refractivity contribution in [2.45, 2.75) is 45.4 Å². The normalized spacial score (nSPS) is 24.2. The summed E-state index contributed by atoms with van der Waals surface area (Å²) in [5.74, 6) is -2.77. The van der Waals surface area contributed by atoms with Gasteiger partial charge in [0, 0.05) is 19.2 Å². The Bertz CT molecular complexity index is 1510. The van der Waals surface area contributed by atoms with Crippen molar-refractivity contribution in [3.63, 3.8) is 0 Å². The van der Waals surface area contributed by atoms with Crippen molar-refractivity contribution in [3.8, 4) is 5.82 Å². The van der Waals surface area contributed by atoms with Gasteiger partial charge in [0.2, 0.25) is 23.2 Å². The van der Waals surface area contributed by atoms with Gasteiger partial charge in [-0.15, -0.1) is 0 Å². The molecule has 14 heteroatoms. The molecule has 13 nitrogen and oxygen atoms in total.